The first kappa shape index (κ1) is 20.1. The number of ether oxygens (including phenoxy) is 8. The van der Waals surface area contributed by atoms with E-state index in [1.165, 1.54) is 0 Å². The van der Waals surface area contributed by atoms with E-state index in [9.17, 15) is 0 Å². The summed E-state index contributed by atoms with van der Waals surface area (Å²) >= 11 is 0. The molecule has 0 saturated carbocycles. The number of epoxide rings is 4. The average Bonchev–Trinajstić information content (AvgIpc) is 3.65. The molecule has 2 aromatic carbocycles. The third-order valence-electron chi connectivity index (χ3n) is 5.51. The molecule has 8 nitrogen and oxygen atoms in total. The van der Waals surface area contributed by atoms with E-state index in [-0.39, 0.29) is 24.4 Å². The molecule has 0 aliphatic carbocycles. The summed E-state index contributed by atoms with van der Waals surface area (Å²) in [6, 6.07) is 11.9. The van der Waals surface area contributed by atoms with Gasteiger partial charge in [-0.25, -0.2) is 0 Å². The molecule has 6 rings (SSSR count). The van der Waals surface area contributed by atoms with E-state index in [0.29, 0.717) is 75.9 Å². The second-order valence-corrected chi connectivity index (χ2v) is 8.34. The molecule has 2 aromatic rings. The molecule has 0 N–H and O–H groups in total. The van der Waals surface area contributed by atoms with Crippen molar-refractivity contribution in [3.05, 3.63) is 36.4 Å². The van der Waals surface area contributed by atoms with Crippen LogP contribution in [0.4, 0.5) is 0 Å². The van der Waals surface area contributed by atoms with Gasteiger partial charge in [-0.15, -0.1) is 0 Å². The van der Waals surface area contributed by atoms with E-state index in [4.69, 9.17) is 37.9 Å². The number of hydrogen-bond acceptors (Lipinski definition) is 8. The Hall–Kier alpha value is -2.52. The van der Waals surface area contributed by atoms with Gasteiger partial charge in [0.25, 0.3) is 0 Å². The second kappa shape index (κ2) is 8.78. The fraction of sp³-hybridized carbons (Fsp3) is 0.500. The van der Waals surface area contributed by atoms with Crippen LogP contribution in [-0.2, 0) is 18.9 Å². The van der Waals surface area contributed by atoms with E-state index >= 15 is 0 Å². The molecule has 0 spiro atoms. The van der Waals surface area contributed by atoms with Gasteiger partial charge in [-0.2, -0.15) is 0 Å². The summed E-state index contributed by atoms with van der Waals surface area (Å²) in [7, 11) is 0. The summed E-state index contributed by atoms with van der Waals surface area (Å²) < 4.78 is 46.2. The fourth-order valence-corrected chi connectivity index (χ4v) is 3.34. The van der Waals surface area contributed by atoms with Crippen molar-refractivity contribution in [3.63, 3.8) is 0 Å². The quantitative estimate of drug-likeness (QED) is 0.437. The molecule has 4 saturated heterocycles. The van der Waals surface area contributed by atoms with E-state index in [1.807, 2.05) is 36.4 Å². The molecule has 32 heavy (non-hydrogen) atoms. The summed E-state index contributed by atoms with van der Waals surface area (Å²) in [6.45, 7) is 4.62. The molecule has 4 unspecified atom stereocenters. The van der Waals surface area contributed by atoms with Gasteiger partial charge >= 0.3 is 0 Å². The first-order chi connectivity index (χ1) is 15.8. The van der Waals surface area contributed by atoms with Gasteiger partial charge < -0.3 is 37.9 Å². The lowest BCUT2D eigenvalue weighted by atomic mass is 10.0. The first-order valence-corrected chi connectivity index (χ1v) is 11.1. The molecule has 4 atom stereocenters. The predicted molar refractivity (Wildman–Crippen MR) is 113 cm³/mol. The van der Waals surface area contributed by atoms with Gasteiger partial charge in [-0.3, -0.25) is 0 Å². The van der Waals surface area contributed by atoms with Gasteiger partial charge in [-0.05, 0) is 5.56 Å². The van der Waals surface area contributed by atoms with Crippen molar-refractivity contribution in [3.8, 4) is 34.1 Å². The third kappa shape index (κ3) is 5.10. The van der Waals surface area contributed by atoms with Crippen molar-refractivity contribution in [2.45, 2.75) is 24.4 Å². The Balaban J connectivity index is 1.41. The lowest BCUT2D eigenvalue weighted by Crippen LogP contribution is -2.13. The van der Waals surface area contributed by atoms with Crippen LogP contribution >= 0.6 is 0 Å². The smallest absolute Gasteiger partial charge is 0.173 e. The molecule has 0 amide bonds. The van der Waals surface area contributed by atoms with E-state index < -0.39 is 0 Å². The van der Waals surface area contributed by atoms with E-state index in [1.54, 1.807) is 0 Å². The molecule has 4 fully saturated rings. The van der Waals surface area contributed by atoms with Crippen LogP contribution in [0, 0.1) is 0 Å². The molecular weight excluding hydrogens is 416 g/mol. The zero-order chi connectivity index (χ0) is 21.3. The highest BCUT2D eigenvalue weighted by molar-refractivity contribution is 5.83. The van der Waals surface area contributed by atoms with Gasteiger partial charge in [0.05, 0.1) is 32.0 Å². The van der Waals surface area contributed by atoms with Crippen LogP contribution in [0.15, 0.2) is 36.4 Å². The summed E-state index contributed by atoms with van der Waals surface area (Å²) in [6.07, 6.45) is 0.430. The highest BCUT2D eigenvalue weighted by Gasteiger charge is 2.32. The Morgan fingerprint density at radius 1 is 0.594 bits per heavy atom. The zero-order valence-corrected chi connectivity index (χ0v) is 17.7. The van der Waals surface area contributed by atoms with Gasteiger partial charge in [0.15, 0.2) is 23.0 Å². The van der Waals surface area contributed by atoms with Gasteiger partial charge in [-0.1, -0.05) is 30.3 Å². The van der Waals surface area contributed by atoms with Crippen LogP contribution in [0.2, 0.25) is 0 Å². The normalized spacial score (nSPS) is 26.9. The largest absolute Gasteiger partial charge is 0.487 e. The Morgan fingerprint density at radius 3 is 1.41 bits per heavy atom. The van der Waals surface area contributed by atoms with Crippen LogP contribution in [-0.4, -0.2) is 77.3 Å². The molecule has 4 aliphatic rings. The topological polar surface area (TPSA) is 87.0 Å². The van der Waals surface area contributed by atoms with Gasteiger partial charge in [0, 0.05) is 6.07 Å². The van der Waals surface area contributed by atoms with Crippen molar-refractivity contribution >= 4 is 0 Å². The predicted octanol–water partition coefficient (Wildman–Crippen LogP) is 2.46. The highest BCUT2D eigenvalue weighted by atomic mass is 16.6. The maximum absolute atomic E-state index is 6.27. The minimum Gasteiger partial charge on any atom is -0.487 e. The molecule has 170 valence electrons. The lowest BCUT2D eigenvalue weighted by Gasteiger charge is -2.22. The van der Waals surface area contributed by atoms with Crippen LogP contribution in [0.3, 0.4) is 0 Å². The Morgan fingerprint density at radius 2 is 1.00 bits per heavy atom. The Kier molecular flexibility index (Phi) is 5.52. The Labute approximate surface area is 186 Å². The fourth-order valence-electron chi connectivity index (χ4n) is 3.34. The van der Waals surface area contributed by atoms with E-state index in [0.717, 1.165) is 11.1 Å². The maximum atomic E-state index is 6.27. The monoisotopic (exact) mass is 442 g/mol. The lowest BCUT2D eigenvalue weighted by molar-refractivity contribution is 0.214. The molecule has 0 radical (unpaired) electrons. The van der Waals surface area contributed by atoms with E-state index in [2.05, 4.69) is 0 Å². The van der Waals surface area contributed by atoms with Crippen LogP contribution in [0.25, 0.3) is 11.1 Å². The molecule has 0 aromatic heterocycles. The van der Waals surface area contributed by atoms with Crippen molar-refractivity contribution in [1.29, 1.82) is 0 Å². The summed E-state index contributed by atoms with van der Waals surface area (Å²) in [5, 5.41) is 0. The number of rotatable bonds is 13. The summed E-state index contributed by atoms with van der Waals surface area (Å²) in [5.74, 6) is 2.44. The van der Waals surface area contributed by atoms with Crippen LogP contribution in [0.1, 0.15) is 0 Å². The number of hydrogen-bond donors (Lipinski definition) is 0. The minimum atomic E-state index is 0.102. The van der Waals surface area contributed by atoms with Crippen LogP contribution in [0.5, 0.6) is 23.0 Å². The summed E-state index contributed by atoms with van der Waals surface area (Å²) in [5.41, 5.74) is 1.75. The van der Waals surface area contributed by atoms with Gasteiger partial charge in [0.2, 0.25) is 0 Å². The first-order valence-electron chi connectivity index (χ1n) is 11.1. The van der Waals surface area contributed by atoms with Gasteiger partial charge in [0.1, 0.15) is 50.8 Å². The average molecular weight is 442 g/mol. The summed E-state index contributed by atoms with van der Waals surface area (Å²) in [4.78, 5) is 0. The van der Waals surface area contributed by atoms with Crippen molar-refractivity contribution in [2.24, 2.45) is 0 Å². The molecular formula is C24H26O8. The van der Waals surface area contributed by atoms with Crippen molar-refractivity contribution in [2.75, 3.05) is 52.9 Å². The third-order valence-corrected chi connectivity index (χ3v) is 5.51. The zero-order valence-electron chi connectivity index (χ0n) is 17.7. The highest BCUT2D eigenvalue weighted by Crippen LogP contribution is 2.51. The standard InChI is InChI=1S/C24H26O8/c1-2-4-15(5-3-1)22-23(31-13-18-9-27-18)20(29-11-16-7-25-16)6-21(30-12-17-8-26-17)24(22)32-14-19-10-28-19/h1-6,16-19H,7-14H2. The molecule has 4 aliphatic heterocycles. The SMILES string of the molecule is c1ccc(-c2c(OCC3CO3)c(OCC3CO3)cc(OCC3CO3)c2OCC2CO2)cc1. The number of benzene rings is 2. The molecule has 8 heteroatoms. The van der Waals surface area contributed by atoms with Crippen molar-refractivity contribution in [1.82, 2.24) is 0 Å². The molecule has 0 bridgehead atoms. The van der Waals surface area contributed by atoms with Crippen LogP contribution < -0.4 is 18.9 Å². The minimum absolute atomic E-state index is 0.102. The maximum Gasteiger partial charge on any atom is 0.173 e. The Bertz CT molecular complexity index is 879. The molecule has 4 heterocycles. The second-order valence-electron chi connectivity index (χ2n) is 8.34. The van der Waals surface area contributed by atoms with Crippen molar-refractivity contribution < 1.29 is 37.9 Å².